The normalized spacial score (nSPS) is 18.6. The van der Waals surface area contributed by atoms with E-state index in [1.807, 2.05) is 0 Å². The fourth-order valence-corrected chi connectivity index (χ4v) is 2.18. The zero-order chi connectivity index (χ0) is 12.6. The van der Waals surface area contributed by atoms with Gasteiger partial charge in [0.25, 0.3) is 0 Å². The molecule has 1 aliphatic rings. The molecule has 1 amide bonds. The van der Waals surface area contributed by atoms with Gasteiger partial charge in [0.2, 0.25) is 5.91 Å². The summed E-state index contributed by atoms with van der Waals surface area (Å²) in [6.07, 6.45) is 0.366. The van der Waals surface area contributed by atoms with Gasteiger partial charge in [-0.15, -0.1) is 0 Å². The largest absolute Gasteiger partial charge is 0.508 e. The molecule has 1 aromatic carbocycles. The van der Waals surface area contributed by atoms with Crippen molar-refractivity contribution in [3.05, 3.63) is 23.8 Å². The first-order valence-corrected chi connectivity index (χ1v) is 5.34. The minimum Gasteiger partial charge on any atom is -0.508 e. The fourth-order valence-electron chi connectivity index (χ4n) is 2.18. The summed E-state index contributed by atoms with van der Waals surface area (Å²) < 4.78 is 0. The number of carboxylic acids is 1. The highest BCUT2D eigenvalue weighted by Crippen LogP contribution is 2.37. The summed E-state index contributed by atoms with van der Waals surface area (Å²) in [6.45, 7) is 1.84. The second kappa shape index (κ2) is 4.08. The van der Waals surface area contributed by atoms with Gasteiger partial charge in [-0.25, -0.2) is 0 Å². The van der Waals surface area contributed by atoms with Crippen molar-refractivity contribution >= 4 is 17.6 Å². The van der Waals surface area contributed by atoms with E-state index in [0.717, 1.165) is 0 Å². The minimum absolute atomic E-state index is 0.0143. The first-order valence-electron chi connectivity index (χ1n) is 5.34. The van der Waals surface area contributed by atoms with E-state index in [4.69, 9.17) is 5.11 Å². The van der Waals surface area contributed by atoms with Crippen LogP contribution in [0.15, 0.2) is 18.2 Å². The zero-order valence-corrected chi connectivity index (χ0v) is 9.38. The van der Waals surface area contributed by atoms with E-state index in [0.29, 0.717) is 24.2 Å². The summed E-state index contributed by atoms with van der Waals surface area (Å²) in [5, 5.41) is 18.5. The van der Waals surface area contributed by atoms with Crippen LogP contribution in [0.3, 0.4) is 0 Å². The van der Waals surface area contributed by atoms with Gasteiger partial charge in [-0.1, -0.05) is 0 Å². The molecule has 2 rings (SSSR count). The molecule has 1 atom stereocenters. The Morgan fingerprint density at radius 3 is 2.71 bits per heavy atom. The molecule has 0 radical (unpaired) electrons. The molecule has 1 heterocycles. The highest BCUT2D eigenvalue weighted by Gasteiger charge is 2.31. The molecule has 1 unspecified atom stereocenters. The Kier molecular flexibility index (Phi) is 2.75. The maximum atomic E-state index is 11.4. The van der Waals surface area contributed by atoms with Gasteiger partial charge in [-0.2, -0.15) is 0 Å². The predicted molar refractivity (Wildman–Crippen MR) is 61.1 cm³/mol. The number of hydrogen-bond acceptors (Lipinski definition) is 3. The lowest BCUT2D eigenvalue weighted by Crippen LogP contribution is -2.36. The Morgan fingerprint density at radius 1 is 1.41 bits per heavy atom. The lowest BCUT2D eigenvalue weighted by atomic mass is 9.89. The minimum atomic E-state index is -0.931. The van der Waals surface area contributed by atoms with Crippen LogP contribution in [-0.2, 0) is 9.59 Å². The maximum Gasteiger partial charge on any atom is 0.311 e. The van der Waals surface area contributed by atoms with Crippen molar-refractivity contribution in [1.82, 2.24) is 0 Å². The van der Waals surface area contributed by atoms with Gasteiger partial charge in [0, 0.05) is 19.2 Å². The smallest absolute Gasteiger partial charge is 0.311 e. The van der Waals surface area contributed by atoms with Crippen molar-refractivity contribution in [2.45, 2.75) is 19.3 Å². The third kappa shape index (κ3) is 1.95. The van der Waals surface area contributed by atoms with Gasteiger partial charge in [0.1, 0.15) is 5.75 Å². The summed E-state index contributed by atoms with van der Waals surface area (Å²) in [4.78, 5) is 24.1. The first-order chi connectivity index (χ1) is 8.00. The number of hydrogen-bond donors (Lipinski definition) is 2. The van der Waals surface area contributed by atoms with Crippen LogP contribution in [0.5, 0.6) is 5.75 Å². The number of rotatable bonds is 1. The summed E-state index contributed by atoms with van der Waals surface area (Å²) in [5.41, 5.74) is 1.08. The molecule has 5 nitrogen and oxygen atoms in total. The van der Waals surface area contributed by atoms with Gasteiger partial charge in [-0.3, -0.25) is 9.59 Å². The molecule has 0 saturated carbocycles. The van der Waals surface area contributed by atoms with Crippen molar-refractivity contribution in [2.24, 2.45) is 0 Å². The number of carbonyl (C=O) groups excluding carboxylic acids is 1. The maximum absolute atomic E-state index is 11.4. The van der Waals surface area contributed by atoms with Gasteiger partial charge in [-0.05, 0) is 30.2 Å². The summed E-state index contributed by atoms with van der Waals surface area (Å²) >= 11 is 0. The molecule has 17 heavy (non-hydrogen) atoms. The zero-order valence-electron chi connectivity index (χ0n) is 9.38. The number of benzene rings is 1. The second-order valence-corrected chi connectivity index (χ2v) is 4.09. The number of carboxylic acid groups (broad SMARTS) is 1. The van der Waals surface area contributed by atoms with Crippen LogP contribution in [0.1, 0.15) is 24.8 Å². The lowest BCUT2D eigenvalue weighted by molar-refractivity contribution is -0.139. The number of aromatic hydroxyl groups is 1. The van der Waals surface area contributed by atoms with E-state index in [1.165, 1.54) is 24.0 Å². The number of amides is 1. The summed E-state index contributed by atoms with van der Waals surface area (Å²) in [6, 6.07) is 4.46. The highest BCUT2D eigenvalue weighted by molar-refractivity contribution is 5.95. The molecule has 1 aliphatic heterocycles. The molecule has 90 valence electrons. The molecular weight excluding hydrogens is 222 g/mol. The van der Waals surface area contributed by atoms with Crippen LogP contribution in [0.2, 0.25) is 0 Å². The van der Waals surface area contributed by atoms with Gasteiger partial charge < -0.3 is 15.1 Å². The lowest BCUT2D eigenvalue weighted by Gasteiger charge is -2.32. The molecule has 0 aromatic heterocycles. The number of phenolic OH excluding ortho intramolecular Hbond substituents is 1. The Bertz CT molecular complexity index is 483. The molecular formula is C12H13NO4. The van der Waals surface area contributed by atoms with E-state index in [2.05, 4.69) is 0 Å². The van der Waals surface area contributed by atoms with Gasteiger partial charge in [0.05, 0.1) is 5.92 Å². The molecule has 1 aromatic rings. The van der Waals surface area contributed by atoms with Gasteiger partial charge >= 0.3 is 5.97 Å². The monoisotopic (exact) mass is 235 g/mol. The summed E-state index contributed by atoms with van der Waals surface area (Å²) in [7, 11) is 0. The number of nitrogens with zero attached hydrogens (tertiary/aromatic N) is 1. The van der Waals surface area contributed by atoms with Crippen LogP contribution in [0, 0.1) is 0 Å². The average molecular weight is 235 g/mol. The number of phenols is 1. The van der Waals surface area contributed by atoms with Crippen LogP contribution in [0.4, 0.5) is 5.69 Å². The third-order valence-corrected chi connectivity index (χ3v) is 3.00. The Morgan fingerprint density at radius 2 is 2.12 bits per heavy atom. The third-order valence-electron chi connectivity index (χ3n) is 3.00. The van der Waals surface area contributed by atoms with Crippen molar-refractivity contribution in [3.63, 3.8) is 0 Å². The molecule has 2 N–H and O–H groups in total. The Labute approximate surface area is 98.3 Å². The number of carbonyl (C=O) groups is 2. The Balaban J connectivity index is 2.53. The van der Waals surface area contributed by atoms with Crippen LogP contribution in [0.25, 0.3) is 0 Å². The average Bonchev–Trinajstić information content (AvgIpc) is 2.26. The van der Waals surface area contributed by atoms with E-state index in [-0.39, 0.29) is 11.7 Å². The molecule has 0 aliphatic carbocycles. The van der Waals surface area contributed by atoms with Crippen LogP contribution >= 0.6 is 0 Å². The molecule has 0 spiro atoms. The van der Waals surface area contributed by atoms with E-state index in [1.54, 1.807) is 6.07 Å². The van der Waals surface area contributed by atoms with Crippen LogP contribution < -0.4 is 4.90 Å². The second-order valence-electron chi connectivity index (χ2n) is 4.09. The molecule has 0 bridgehead atoms. The quantitative estimate of drug-likeness (QED) is 0.769. The fraction of sp³-hybridized carbons (Fsp3) is 0.333. The van der Waals surface area contributed by atoms with Crippen molar-refractivity contribution in [3.8, 4) is 5.75 Å². The highest BCUT2D eigenvalue weighted by atomic mass is 16.4. The molecule has 5 heteroatoms. The predicted octanol–water partition coefficient (Wildman–Crippen LogP) is 1.32. The number of aliphatic carboxylic acids is 1. The topological polar surface area (TPSA) is 77.8 Å². The van der Waals surface area contributed by atoms with Gasteiger partial charge in [0.15, 0.2) is 0 Å². The first kappa shape index (κ1) is 11.4. The van der Waals surface area contributed by atoms with E-state index < -0.39 is 11.9 Å². The SMILES string of the molecule is CC(=O)N1CCC(C(=O)O)c2cc(O)ccc21. The van der Waals surface area contributed by atoms with Crippen LogP contribution in [-0.4, -0.2) is 28.6 Å². The number of fused-ring (bicyclic) bond motifs is 1. The molecule has 0 fully saturated rings. The Hall–Kier alpha value is -2.04. The standard InChI is InChI=1S/C12H13NO4/c1-7(14)13-5-4-9(12(16)17)10-6-8(15)2-3-11(10)13/h2-3,6,9,15H,4-5H2,1H3,(H,16,17). The number of anilines is 1. The van der Waals surface area contributed by atoms with E-state index >= 15 is 0 Å². The summed E-state index contributed by atoms with van der Waals surface area (Å²) in [5.74, 6) is -1.70. The van der Waals surface area contributed by atoms with Crippen molar-refractivity contribution in [2.75, 3.05) is 11.4 Å². The van der Waals surface area contributed by atoms with Crippen molar-refractivity contribution < 1.29 is 19.8 Å². The molecule has 0 saturated heterocycles. The van der Waals surface area contributed by atoms with Crippen molar-refractivity contribution in [1.29, 1.82) is 0 Å². The van der Waals surface area contributed by atoms with E-state index in [9.17, 15) is 14.7 Å².